The standard InChI is InChI=1S/C17H15N/c1-12-6-4-11-16(18)17(12)15-10-5-8-13-7-2-3-9-14(13)15/h2-11H,18H2,1H3. The molecule has 3 rings (SSSR count). The molecule has 0 aliphatic rings. The largest absolute Gasteiger partial charge is 0.398 e. The fourth-order valence-electron chi connectivity index (χ4n) is 2.50. The first kappa shape index (κ1) is 10.8. The van der Waals surface area contributed by atoms with Gasteiger partial charge in [0.15, 0.2) is 0 Å². The summed E-state index contributed by atoms with van der Waals surface area (Å²) in [5.41, 5.74) is 10.6. The van der Waals surface area contributed by atoms with Gasteiger partial charge in [0.25, 0.3) is 0 Å². The van der Waals surface area contributed by atoms with Crippen molar-refractivity contribution >= 4 is 16.5 Å². The van der Waals surface area contributed by atoms with Crippen molar-refractivity contribution in [1.29, 1.82) is 0 Å². The van der Waals surface area contributed by atoms with Crippen molar-refractivity contribution in [3.63, 3.8) is 0 Å². The van der Waals surface area contributed by atoms with Crippen molar-refractivity contribution in [3.8, 4) is 11.1 Å². The van der Waals surface area contributed by atoms with Crippen molar-refractivity contribution in [2.75, 3.05) is 5.73 Å². The van der Waals surface area contributed by atoms with Crippen LogP contribution in [-0.2, 0) is 0 Å². The highest BCUT2D eigenvalue weighted by Gasteiger charge is 2.08. The first-order valence-corrected chi connectivity index (χ1v) is 6.10. The predicted octanol–water partition coefficient (Wildman–Crippen LogP) is 4.40. The van der Waals surface area contributed by atoms with E-state index in [-0.39, 0.29) is 0 Å². The van der Waals surface area contributed by atoms with Gasteiger partial charge < -0.3 is 5.73 Å². The summed E-state index contributed by atoms with van der Waals surface area (Å²) in [5, 5.41) is 2.50. The Balaban J connectivity index is 2.39. The first-order chi connectivity index (χ1) is 8.77. The highest BCUT2D eigenvalue weighted by Crippen LogP contribution is 2.34. The molecule has 0 saturated heterocycles. The first-order valence-electron chi connectivity index (χ1n) is 6.10. The van der Waals surface area contributed by atoms with Gasteiger partial charge in [-0.15, -0.1) is 0 Å². The van der Waals surface area contributed by atoms with Crippen LogP contribution in [0.25, 0.3) is 21.9 Å². The quantitative estimate of drug-likeness (QED) is 0.619. The highest BCUT2D eigenvalue weighted by molar-refractivity contribution is 6.00. The monoisotopic (exact) mass is 233 g/mol. The Bertz CT molecular complexity index is 688. The Kier molecular flexibility index (Phi) is 2.52. The van der Waals surface area contributed by atoms with Gasteiger partial charge in [0.1, 0.15) is 0 Å². The summed E-state index contributed by atoms with van der Waals surface area (Å²) in [7, 11) is 0. The molecule has 0 heterocycles. The molecule has 3 aromatic carbocycles. The average Bonchev–Trinajstić information content (AvgIpc) is 2.39. The molecular weight excluding hydrogens is 218 g/mol. The van der Waals surface area contributed by atoms with Gasteiger partial charge in [-0.3, -0.25) is 0 Å². The summed E-state index contributed by atoms with van der Waals surface area (Å²) in [5.74, 6) is 0. The Morgan fingerprint density at radius 1 is 0.778 bits per heavy atom. The normalized spacial score (nSPS) is 10.7. The van der Waals surface area contributed by atoms with E-state index in [1.54, 1.807) is 0 Å². The molecular formula is C17H15N. The lowest BCUT2D eigenvalue weighted by Gasteiger charge is -2.12. The van der Waals surface area contributed by atoms with Gasteiger partial charge in [0.05, 0.1) is 0 Å². The maximum atomic E-state index is 6.14. The van der Waals surface area contributed by atoms with Crippen LogP contribution in [-0.4, -0.2) is 0 Å². The second-order valence-corrected chi connectivity index (χ2v) is 4.57. The molecule has 18 heavy (non-hydrogen) atoms. The minimum absolute atomic E-state index is 0.839. The Hall–Kier alpha value is -2.28. The molecule has 0 atom stereocenters. The number of hydrogen-bond donors (Lipinski definition) is 1. The third-order valence-corrected chi connectivity index (χ3v) is 3.36. The molecule has 0 aliphatic carbocycles. The van der Waals surface area contributed by atoms with E-state index in [0.717, 1.165) is 11.3 Å². The van der Waals surface area contributed by atoms with Crippen LogP contribution in [0.3, 0.4) is 0 Å². The number of anilines is 1. The fourth-order valence-corrected chi connectivity index (χ4v) is 2.50. The van der Waals surface area contributed by atoms with Crippen molar-refractivity contribution in [3.05, 3.63) is 66.2 Å². The highest BCUT2D eigenvalue weighted by atomic mass is 14.6. The number of aryl methyl sites for hydroxylation is 1. The van der Waals surface area contributed by atoms with E-state index in [0.29, 0.717) is 0 Å². The number of nitrogens with two attached hydrogens (primary N) is 1. The number of nitrogen functional groups attached to an aromatic ring is 1. The Labute approximate surface area is 107 Å². The van der Waals surface area contributed by atoms with Gasteiger partial charge in [-0.2, -0.15) is 0 Å². The number of hydrogen-bond acceptors (Lipinski definition) is 1. The molecule has 0 unspecified atom stereocenters. The van der Waals surface area contributed by atoms with Crippen LogP contribution < -0.4 is 5.73 Å². The molecule has 0 aromatic heterocycles. The number of fused-ring (bicyclic) bond motifs is 1. The van der Waals surface area contributed by atoms with Crippen molar-refractivity contribution in [2.45, 2.75) is 6.92 Å². The summed E-state index contributed by atoms with van der Waals surface area (Å²) in [6.07, 6.45) is 0. The van der Waals surface area contributed by atoms with Crippen LogP contribution in [0.1, 0.15) is 5.56 Å². The lowest BCUT2D eigenvalue weighted by molar-refractivity contribution is 1.47. The molecule has 0 radical (unpaired) electrons. The number of rotatable bonds is 1. The molecule has 3 aromatic rings. The molecule has 0 saturated carbocycles. The lowest BCUT2D eigenvalue weighted by Crippen LogP contribution is -1.93. The van der Waals surface area contributed by atoms with Crippen LogP contribution in [0.2, 0.25) is 0 Å². The van der Waals surface area contributed by atoms with Gasteiger partial charge in [-0.1, -0.05) is 54.6 Å². The van der Waals surface area contributed by atoms with Gasteiger partial charge in [-0.05, 0) is 34.9 Å². The zero-order chi connectivity index (χ0) is 12.5. The Morgan fingerprint density at radius 3 is 2.33 bits per heavy atom. The Morgan fingerprint density at radius 2 is 1.50 bits per heavy atom. The second-order valence-electron chi connectivity index (χ2n) is 4.57. The molecule has 0 aliphatic heterocycles. The zero-order valence-corrected chi connectivity index (χ0v) is 10.4. The summed E-state index contributed by atoms with van der Waals surface area (Å²) < 4.78 is 0. The molecule has 0 spiro atoms. The molecule has 88 valence electrons. The van der Waals surface area contributed by atoms with E-state index in [2.05, 4.69) is 55.5 Å². The minimum atomic E-state index is 0.839. The van der Waals surface area contributed by atoms with Gasteiger partial charge in [0, 0.05) is 11.3 Å². The van der Waals surface area contributed by atoms with Crippen LogP contribution in [0.4, 0.5) is 5.69 Å². The zero-order valence-electron chi connectivity index (χ0n) is 10.4. The molecule has 0 amide bonds. The van der Waals surface area contributed by atoms with Crippen molar-refractivity contribution in [1.82, 2.24) is 0 Å². The molecule has 1 heteroatoms. The van der Waals surface area contributed by atoms with Crippen LogP contribution in [0, 0.1) is 6.92 Å². The van der Waals surface area contributed by atoms with E-state index < -0.39 is 0 Å². The maximum absolute atomic E-state index is 6.14. The van der Waals surface area contributed by atoms with Gasteiger partial charge in [0.2, 0.25) is 0 Å². The third-order valence-electron chi connectivity index (χ3n) is 3.36. The fraction of sp³-hybridized carbons (Fsp3) is 0.0588. The SMILES string of the molecule is Cc1cccc(N)c1-c1cccc2ccccc12. The summed E-state index contributed by atoms with van der Waals surface area (Å²) in [4.78, 5) is 0. The third kappa shape index (κ3) is 1.65. The summed E-state index contributed by atoms with van der Waals surface area (Å²) in [6, 6.07) is 20.8. The molecule has 0 fully saturated rings. The van der Waals surface area contributed by atoms with E-state index >= 15 is 0 Å². The van der Waals surface area contributed by atoms with Crippen molar-refractivity contribution < 1.29 is 0 Å². The minimum Gasteiger partial charge on any atom is -0.398 e. The molecule has 0 bridgehead atoms. The summed E-state index contributed by atoms with van der Waals surface area (Å²) in [6.45, 7) is 2.10. The van der Waals surface area contributed by atoms with Crippen molar-refractivity contribution in [2.24, 2.45) is 0 Å². The maximum Gasteiger partial charge on any atom is 0.0396 e. The van der Waals surface area contributed by atoms with Gasteiger partial charge >= 0.3 is 0 Å². The van der Waals surface area contributed by atoms with E-state index in [1.165, 1.54) is 21.9 Å². The van der Waals surface area contributed by atoms with E-state index in [9.17, 15) is 0 Å². The van der Waals surface area contributed by atoms with Crippen LogP contribution in [0.15, 0.2) is 60.7 Å². The topological polar surface area (TPSA) is 26.0 Å². The van der Waals surface area contributed by atoms with E-state index in [4.69, 9.17) is 5.73 Å². The van der Waals surface area contributed by atoms with Gasteiger partial charge in [-0.25, -0.2) is 0 Å². The van der Waals surface area contributed by atoms with Crippen LogP contribution in [0.5, 0.6) is 0 Å². The smallest absolute Gasteiger partial charge is 0.0396 e. The lowest BCUT2D eigenvalue weighted by atomic mass is 9.94. The molecule has 2 N–H and O–H groups in total. The molecule has 1 nitrogen and oxygen atoms in total. The van der Waals surface area contributed by atoms with E-state index in [1.807, 2.05) is 12.1 Å². The second kappa shape index (κ2) is 4.19. The summed E-state index contributed by atoms with van der Waals surface area (Å²) >= 11 is 0. The van der Waals surface area contributed by atoms with Crippen LogP contribution >= 0.6 is 0 Å². The average molecular weight is 233 g/mol. The predicted molar refractivity (Wildman–Crippen MR) is 78.5 cm³/mol. The number of benzene rings is 3.